The van der Waals surface area contributed by atoms with Crippen LogP contribution in [-0.4, -0.2) is 42.8 Å². The highest BCUT2D eigenvalue weighted by atomic mass is 16.5. The Morgan fingerprint density at radius 3 is 2.77 bits per heavy atom. The maximum absolute atomic E-state index is 5.79. The Kier molecular flexibility index (Phi) is 4.16. The van der Waals surface area contributed by atoms with Crippen molar-refractivity contribution < 1.29 is 4.74 Å². The number of nitrogens with two attached hydrogens (primary N) is 1. The average molecular weight is 186 g/mol. The first-order valence-corrected chi connectivity index (χ1v) is 5.20. The predicted octanol–water partition coefficient (Wildman–Crippen LogP) is 0.833. The van der Waals surface area contributed by atoms with Crippen molar-refractivity contribution in [3.63, 3.8) is 0 Å². The Bertz CT molecular complexity index is 150. The van der Waals surface area contributed by atoms with Crippen LogP contribution >= 0.6 is 0 Å². The topological polar surface area (TPSA) is 38.5 Å². The number of morpholine rings is 1. The van der Waals surface area contributed by atoms with Crippen LogP contribution in [0.5, 0.6) is 0 Å². The summed E-state index contributed by atoms with van der Waals surface area (Å²) in [5.74, 6) is 0. The molecule has 13 heavy (non-hydrogen) atoms. The molecule has 78 valence electrons. The molecule has 0 aromatic heterocycles. The monoisotopic (exact) mass is 186 g/mol. The normalized spacial score (nSPS) is 30.0. The van der Waals surface area contributed by atoms with Crippen LogP contribution < -0.4 is 5.73 Å². The van der Waals surface area contributed by atoms with E-state index in [0.29, 0.717) is 18.1 Å². The van der Waals surface area contributed by atoms with Gasteiger partial charge in [0.15, 0.2) is 0 Å². The largest absolute Gasteiger partial charge is 0.379 e. The molecule has 1 rings (SSSR count). The van der Waals surface area contributed by atoms with Gasteiger partial charge in [0.2, 0.25) is 0 Å². The van der Waals surface area contributed by atoms with Crippen LogP contribution in [0.4, 0.5) is 0 Å². The van der Waals surface area contributed by atoms with Gasteiger partial charge in [-0.3, -0.25) is 4.90 Å². The molecule has 0 bridgehead atoms. The summed E-state index contributed by atoms with van der Waals surface area (Å²) in [6.45, 7) is 9.33. The summed E-state index contributed by atoms with van der Waals surface area (Å²) in [6.07, 6.45) is 1.07. The molecule has 0 aliphatic carbocycles. The van der Waals surface area contributed by atoms with Crippen LogP contribution in [0, 0.1) is 0 Å². The number of nitrogens with zero attached hydrogens (tertiary/aromatic N) is 1. The maximum Gasteiger partial charge on any atom is 0.0619 e. The molecule has 1 fully saturated rings. The number of ether oxygens (including phenoxy) is 1. The molecule has 0 saturated carbocycles. The minimum atomic E-state index is 0.296. The number of hydrogen-bond donors (Lipinski definition) is 1. The highest BCUT2D eigenvalue weighted by Crippen LogP contribution is 2.13. The van der Waals surface area contributed by atoms with Gasteiger partial charge in [0.1, 0.15) is 0 Å². The Labute approximate surface area is 81.2 Å². The van der Waals surface area contributed by atoms with Gasteiger partial charge in [0.05, 0.1) is 13.2 Å². The molecule has 0 radical (unpaired) electrons. The zero-order chi connectivity index (χ0) is 9.84. The summed E-state index contributed by atoms with van der Waals surface area (Å²) < 4.78 is 5.39. The van der Waals surface area contributed by atoms with Gasteiger partial charge in [0, 0.05) is 24.7 Å². The maximum atomic E-state index is 5.79. The van der Waals surface area contributed by atoms with E-state index in [2.05, 4.69) is 25.7 Å². The second-order valence-corrected chi connectivity index (χ2v) is 4.22. The Balaban J connectivity index is 2.39. The average Bonchev–Trinajstić information content (AvgIpc) is 2.03. The van der Waals surface area contributed by atoms with E-state index in [4.69, 9.17) is 10.5 Å². The van der Waals surface area contributed by atoms with Crippen LogP contribution in [0.1, 0.15) is 27.2 Å². The van der Waals surface area contributed by atoms with Crippen LogP contribution in [0.3, 0.4) is 0 Å². The van der Waals surface area contributed by atoms with Gasteiger partial charge in [-0.15, -0.1) is 0 Å². The van der Waals surface area contributed by atoms with Crippen molar-refractivity contribution in [2.45, 2.75) is 45.3 Å². The van der Waals surface area contributed by atoms with Crippen molar-refractivity contribution >= 4 is 0 Å². The fraction of sp³-hybridized carbons (Fsp3) is 1.00. The lowest BCUT2D eigenvalue weighted by Gasteiger charge is -2.38. The summed E-state index contributed by atoms with van der Waals surface area (Å²) in [5.41, 5.74) is 5.79. The molecule has 1 aliphatic rings. The van der Waals surface area contributed by atoms with Gasteiger partial charge < -0.3 is 10.5 Å². The fourth-order valence-electron chi connectivity index (χ4n) is 2.07. The second kappa shape index (κ2) is 4.94. The third-order valence-electron chi connectivity index (χ3n) is 2.70. The molecule has 2 N–H and O–H groups in total. The minimum absolute atomic E-state index is 0.296. The third-order valence-corrected chi connectivity index (χ3v) is 2.70. The Morgan fingerprint density at radius 2 is 2.23 bits per heavy atom. The molecule has 1 aliphatic heterocycles. The first-order valence-electron chi connectivity index (χ1n) is 5.20. The first kappa shape index (κ1) is 11.0. The molecule has 3 heteroatoms. The quantitative estimate of drug-likeness (QED) is 0.709. The first-order chi connectivity index (χ1) is 6.11. The highest BCUT2D eigenvalue weighted by molar-refractivity contribution is 4.78. The molecule has 0 amide bonds. The molecule has 3 atom stereocenters. The fourth-order valence-corrected chi connectivity index (χ4v) is 2.07. The van der Waals surface area contributed by atoms with E-state index < -0.39 is 0 Å². The lowest BCUT2D eigenvalue weighted by atomic mass is 10.1. The van der Waals surface area contributed by atoms with Gasteiger partial charge in [-0.05, 0) is 27.2 Å². The molecule has 1 saturated heterocycles. The molecule has 1 heterocycles. The molecule has 3 nitrogen and oxygen atoms in total. The van der Waals surface area contributed by atoms with Crippen LogP contribution in [-0.2, 0) is 4.74 Å². The summed E-state index contributed by atoms with van der Waals surface area (Å²) in [6, 6.07) is 1.42. The Hall–Kier alpha value is -0.120. The lowest BCUT2D eigenvalue weighted by Crippen LogP contribution is -2.49. The lowest BCUT2D eigenvalue weighted by molar-refractivity contribution is -0.0207. The van der Waals surface area contributed by atoms with E-state index in [9.17, 15) is 0 Å². The van der Waals surface area contributed by atoms with Gasteiger partial charge in [-0.1, -0.05) is 0 Å². The molecule has 3 unspecified atom stereocenters. The molecular weight excluding hydrogens is 164 g/mol. The van der Waals surface area contributed by atoms with Crippen LogP contribution in [0.15, 0.2) is 0 Å². The second-order valence-electron chi connectivity index (χ2n) is 4.22. The number of rotatable bonds is 3. The van der Waals surface area contributed by atoms with Crippen molar-refractivity contribution in [2.24, 2.45) is 5.73 Å². The summed E-state index contributed by atoms with van der Waals surface area (Å²) in [7, 11) is 0. The molecular formula is C10H22N2O. The zero-order valence-electron chi connectivity index (χ0n) is 8.99. The third kappa shape index (κ3) is 3.25. The van der Waals surface area contributed by atoms with E-state index in [1.165, 1.54) is 0 Å². The van der Waals surface area contributed by atoms with Gasteiger partial charge >= 0.3 is 0 Å². The van der Waals surface area contributed by atoms with Gasteiger partial charge in [0.25, 0.3) is 0 Å². The van der Waals surface area contributed by atoms with E-state index in [1.54, 1.807) is 0 Å². The smallest absolute Gasteiger partial charge is 0.0619 e. The van der Waals surface area contributed by atoms with Crippen molar-refractivity contribution in [2.75, 3.05) is 19.8 Å². The molecule has 0 aromatic carbocycles. The number of hydrogen-bond acceptors (Lipinski definition) is 3. The van der Waals surface area contributed by atoms with E-state index in [-0.39, 0.29) is 0 Å². The molecule has 0 spiro atoms. The summed E-state index contributed by atoms with van der Waals surface area (Å²) in [5, 5.41) is 0. The standard InChI is InChI=1S/C10H22N2O/c1-8(11)6-9(2)12-4-5-13-7-10(12)3/h8-10H,4-7,11H2,1-3H3. The summed E-state index contributed by atoms with van der Waals surface area (Å²) in [4.78, 5) is 2.49. The van der Waals surface area contributed by atoms with Crippen molar-refractivity contribution in [1.29, 1.82) is 0 Å². The van der Waals surface area contributed by atoms with Crippen molar-refractivity contribution in [1.82, 2.24) is 4.90 Å². The van der Waals surface area contributed by atoms with E-state index in [0.717, 1.165) is 26.2 Å². The van der Waals surface area contributed by atoms with Crippen LogP contribution in [0.25, 0.3) is 0 Å². The zero-order valence-corrected chi connectivity index (χ0v) is 8.99. The van der Waals surface area contributed by atoms with Crippen molar-refractivity contribution in [3.8, 4) is 0 Å². The van der Waals surface area contributed by atoms with E-state index >= 15 is 0 Å². The summed E-state index contributed by atoms with van der Waals surface area (Å²) >= 11 is 0. The van der Waals surface area contributed by atoms with Crippen LogP contribution in [0.2, 0.25) is 0 Å². The minimum Gasteiger partial charge on any atom is -0.379 e. The highest BCUT2D eigenvalue weighted by Gasteiger charge is 2.23. The molecule has 0 aromatic rings. The van der Waals surface area contributed by atoms with Gasteiger partial charge in [-0.25, -0.2) is 0 Å². The Morgan fingerprint density at radius 1 is 1.54 bits per heavy atom. The van der Waals surface area contributed by atoms with E-state index in [1.807, 2.05) is 0 Å². The SMILES string of the molecule is CC(N)CC(C)N1CCOCC1C. The van der Waals surface area contributed by atoms with Crippen molar-refractivity contribution in [3.05, 3.63) is 0 Å². The predicted molar refractivity (Wildman–Crippen MR) is 54.7 cm³/mol. The van der Waals surface area contributed by atoms with Gasteiger partial charge in [-0.2, -0.15) is 0 Å².